The summed E-state index contributed by atoms with van der Waals surface area (Å²) in [6, 6.07) is 6.81. The zero-order valence-corrected chi connectivity index (χ0v) is 15.1. The zero-order chi connectivity index (χ0) is 17.7. The van der Waals surface area contributed by atoms with Gasteiger partial charge in [0.05, 0.1) is 5.25 Å². The molecule has 0 aliphatic heterocycles. The Bertz CT molecular complexity index is 749. The van der Waals surface area contributed by atoms with Crippen molar-refractivity contribution in [1.82, 2.24) is 25.4 Å². The van der Waals surface area contributed by atoms with Crippen molar-refractivity contribution in [3.05, 3.63) is 29.3 Å². The number of urea groups is 1. The highest BCUT2D eigenvalue weighted by molar-refractivity contribution is 8.00. The minimum atomic E-state index is -0.538. The molecule has 9 heteroatoms. The fraction of sp³-hybridized carbons (Fsp3) is 0.333. The predicted molar refractivity (Wildman–Crippen MR) is 94.1 cm³/mol. The number of thioether (sulfide) groups is 1. The standard InChI is InChI=1S/C15H18ClN5O2S/c1-4-21-12(10-6-5-7-11(16)8-10)19-20-15(21)24-9(2)13(22)18-14(23)17-3/h5-9H,4H2,1-3H3,(H2,17,18,22,23). The Balaban J connectivity index is 2.20. The lowest BCUT2D eigenvalue weighted by Gasteiger charge is -2.12. The fourth-order valence-electron chi connectivity index (χ4n) is 1.99. The molecule has 1 heterocycles. The Hall–Kier alpha value is -2.06. The highest BCUT2D eigenvalue weighted by Crippen LogP contribution is 2.27. The maximum absolute atomic E-state index is 12.0. The van der Waals surface area contributed by atoms with E-state index in [0.29, 0.717) is 22.5 Å². The molecular weight excluding hydrogens is 350 g/mol. The highest BCUT2D eigenvalue weighted by atomic mass is 35.5. The summed E-state index contributed by atoms with van der Waals surface area (Å²) in [4.78, 5) is 23.2. The van der Waals surface area contributed by atoms with E-state index in [2.05, 4.69) is 20.8 Å². The number of benzene rings is 1. The number of nitrogens with zero attached hydrogens (tertiary/aromatic N) is 3. The second kappa shape index (κ2) is 8.16. The Morgan fingerprint density at radius 1 is 1.38 bits per heavy atom. The summed E-state index contributed by atoms with van der Waals surface area (Å²) < 4.78 is 1.90. The van der Waals surface area contributed by atoms with Gasteiger partial charge in [-0.3, -0.25) is 10.1 Å². The summed E-state index contributed by atoms with van der Waals surface area (Å²) in [5, 5.41) is 13.7. The average Bonchev–Trinajstić information content (AvgIpc) is 2.97. The summed E-state index contributed by atoms with van der Waals surface area (Å²) in [6.45, 7) is 4.31. The molecule has 128 valence electrons. The van der Waals surface area contributed by atoms with Gasteiger partial charge in [0, 0.05) is 24.2 Å². The van der Waals surface area contributed by atoms with Gasteiger partial charge in [-0.05, 0) is 26.0 Å². The van der Waals surface area contributed by atoms with Gasteiger partial charge in [0.1, 0.15) is 0 Å². The van der Waals surface area contributed by atoms with Gasteiger partial charge in [-0.15, -0.1) is 10.2 Å². The van der Waals surface area contributed by atoms with E-state index >= 15 is 0 Å². The number of nitrogens with one attached hydrogen (secondary N) is 2. The van der Waals surface area contributed by atoms with Crippen molar-refractivity contribution in [3.63, 3.8) is 0 Å². The van der Waals surface area contributed by atoms with Crippen molar-refractivity contribution in [1.29, 1.82) is 0 Å². The molecule has 0 radical (unpaired) electrons. The van der Waals surface area contributed by atoms with E-state index in [0.717, 1.165) is 5.56 Å². The lowest BCUT2D eigenvalue weighted by atomic mass is 10.2. The third-order valence-electron chi connectivity index (χ3n) is 3.23. The van der Waals surface area contributed by atoms with Crippen LogP contribution in [0.2, 0.25) is 5.02 Å². The Kier molecular flexibility index (Phi) is 6.22. The molecule has 0 saturated heterocycles. The molecule has 0 fully saturated rings. The first-order chi connectivity index (χ1) is 11.5. The number of hydrogen-bond donors (Lipinski definition) is 2. The first kappa shape index (κ1) is 18.3. The van der Waals surface area contributed by atoms with Crippen LogP contribution in [-0.4, -0.2) is 39.0 Å². The van der Waals surface area contributed by atoms with E-state index in [1.54, 1.807) is 13.0 Å². The van der Waals surface area contributed by atoms with Gasteiger partial charge in [-0.2, -0.15) is 0 Å². The molecule has 3 amide bonds. The van der Waals surface area contributed by atoms with E-state index in [4.69, 9.17) is 11.6 Å². The Morgan fingerprint density at radius 2 is 2.12 bits per heavy atom. The first-order valence-electron chi connectivity index (χ1n) is 7.34. The minimum absolute atomic E-state index is 0.394. The van der Waals surface area contributed by atoms with Crippen molar-refractivity contribution in [2.45, 2.75) is 30.8 Å². The maximum atomic E-state index is 12.0. The molecule has 24 heavy (non-hydrogen) atoms. The number of halogens is 1. The molecular formula is C15H18ClN5O2S. The van der Waals surface area contributed by atoms with Crippen LogP contribution in [0.4, 0.5) is 4.79 Å². The monoisotopic (exact) mass is 367 g/mol. The molecule has 1 unspecified atom stereocenters. The van der Waals surface area contributed by atoms with E-state index in [1.807, 2.05) is 29.7 Å². The number of carbonyl (C=O) groups is 2. The Labute approximate surface area is 149 Å². The number of amides is 3. The van der Waals surface area contributed by atoms with Crippen molar-refractivity contribution in [2.75, 3.05) is 7.05 Å². The molecule has 0 bridgehead atoms. The molecule has 2 N–H and O–H groups in total. The first-order valence-corrected chi connectivity index (χ1v) is 8.60. The van der Waals surface area contributed by atoms with Gasteiger partial charge in [0.25, 0.3) is 0 Å². The molecule has 2 aromatic rings. The third-order valence-corrected chi connectivity index (χ3v) is 4.55. The molecule has 1 atom stereocenters. The molecule has 0 spiro atoms. The van der Waals surface area contributed by atoms with E-state index in [-0.39, 0.29) is 0 Å². The van der Waals surface area contributed by atoms with Crippen LogP contribution in [0.5, 0.6) is 0 Å². The lowest BCUT2D eigenvalue weighted by Crippen LogP contribution is -2.41. The quantitative estimate of drug-likeness (QED) is 0.793. The third kappa shape index (κ3) is 4.27. The molecule has 0 aliphatic carbocycles. The van der Waals surface area contributed by atoms with Crippen LogP contribution >= 0.6 is 23.4 Å². The predicted octanol–water partition coefficient (Wildman–Crippen LogP) is 2.55. The number of rotatable bonds is 5. The lowest BCUT2D eigenvalue weighted by molar-refractivity contribution is -0.119. The van der Waals surface area contributed by atoms with E-state index < -0.39 is 17.2 Å². The highest BCUT2D eigenvalue weighted by Gasteiger charge is 2.21. The summed E-state index contributed by atoms with van der Waals surface area (Å²) in [5.41, 5.74) is 0.853. The zero-order valence-electron chi connectivity index (χ0n) is 13.5. The smallest absolute Gasteiger partial charge is 0.321 e. The van der Waals surface area contributed by atoms with Crippen LogP contribution in [0.15, 0.2) is 29.4 Å². The number of carbonyl (C=O) groups excluding carboxylic acids is 2. The van der Waals surface area contributed by atoms with Gasteiger partial charge in [0.15, 0.2) is 11.0 Å². The summed E-state index contributed by atoms with van der Waals surface area (Å²) in [6.07, 6.45) is 0. The van der Waals surface area contributed by atoms with Crippen LogP contribution in [0.3, 0.4) is 0 Å². The van der Waals surface area contributed by atoms with Crippen LogP contribution in [0, 0.1) is 0 Å². The summed E-state index contributed by atoms with van der Waals surface area (Å²) in [5.74, 6) is 0.288. The SMILES string of the molecule is CCn1c(SC(C)C(=O)NC(=O)NC)nnc1-c1cccc(Cl)c1. The maximum Gasteiger partial charge on any atom is 0.321 e. The molecule has 7 nitrogen and oxygen atoms in total. The summed E-state index contributed by atoms with van der Waals surface area (Å²) in [7, 11) is 1.45. The largest absolute Gasteiger partial charge is 0.341 e. The van der Waals surface area contributed by atoms with Crippen LogP contribution in [0.1, 0.15) is 13.8 Å². The number of hydrogen-bond acceptors (Lipinski definition) is 5. The average molecular weight is 368 g/mol. The second-order valence-corrected chi connectivity index (χ2v) is 6.63. The molecule has 1 aromatic carbocycles. The normalized spacial score (nSPS) is 11.8. The van der Waals surface area contributed by atoms with E-state index in [1.165, 1.54) is 18.8 Å². The minimum Gasteiger partial charge on any atom is -0.341 e. The van der Waals surface area contributed by atoms with Gasteiger partial charge in [-0.1, -0.05) is 35.5 Å². The van der Waals surface area contributed by atoms with Crippen LogP contribution in [-0.2, 0) is 11.3 Å². The molecule has 1 aromatic heterocycles. The van der Waals surface area contributed by atoms with Crippen molar-refractivity contribution in [3.8, 4) is 11.4 Å². The van der Waals surface area contributed by atoms with Gasteiger partial charge < -0.3 is 9.88 Å². The van der Waals surface area contributed by atoms with Crippen molar-refractivity contribution >= 4 is 35.3 Å². The topological polar surface area (TPSA) is 88.9 Å². The number of imide groups is 1. The second-order valence-electron chi connectivity index (χ2n) is 4.89. The van der Waals surface area contributed by atoms with E-state index in [9.17, 15) is 9.59 Å². The van der Waals surface area contributed by atoms with Gasteiger partial charge >= 0.3 is 6.03 Å². The molecule has 0 aliphatic rings. The number of aromatic nitrogens is 3. The van der Waals surface area contributed by atoms with Crippen LogP contribution in [0.25, 0.3) is 11.4 Å². The summed E-state index contributed by atoms with van der Waals surface area (Å²) >= 11 is 7.27. The van der Waals surface area contributed by atoms with Gasteiger partial charge in [-0.25, -0.2) is 4.79 Å². The Morgan fingerprint density at radius 3 is 2.75 bits per heavy atom. The van der Waals surface area contributed by atoms with Crippen molar-refractivity contribution < 1.29 is 9.59 Å². The van der Waals surface area contributed by atoms with Gasteiger partial charge in [0.2, 0.25) is 5.91 Å². The van der Waals surface area contributed by atoms with Crippen molar-refractivity contribution in [2.24, 2.45) is 0 Å². The molecule has 2 rings (SSSR count). The van der Waals surface area contributed by atoms with Crippen LogP contribution < -0.4 is 10.6 Å². The molecule has 0 saturated carbocycles. The fourth-order valence-corrected chi connectivity index (χ4v) is 3.09.